The number of nitrogens with zero attached hydrogens (tertiary/aromatic N) is 2. The fourth-order valence-electron chi connectivity index (χ4n) is 0.851. The highest BCUT2D eigenvalue weighted by Gasteiger charge is 2.08. The maximum absolute atomic E-state index is 5.36. The fourth-order valence-corrected chi connectivity index (χ4v) is 1.82. The lowest BCUT2D eigenvalue weighted by molar-refractivity contribution is 0.404. The van der Waals surface area contributed by atoms with E-state index in [1.165, 1.54) is 11.3 Å². The van der Waals surface area contributed by atoms with Gasteiger partial charge in [0.1, 0.15) is 0 Å². The number of rotatable bonds is 2. The summed E-state index contributed by atoms with van der Waals surface area (Å²) in [5.41, 5.74) is 8.12. The molecule has 0 bridgehead atoms. The number of aromatic nitrogens is 1. The molecule has 8 heteroatoms. The summed E-state index contributed by atoms with van der Waals surface area (Å²) < 4.78 is 0. The van der Waals surface area contributed by atoms with Gasteiger partial charge in [0.15, 0.2) is 15.4 Å². The molecule has 0 amide bonds. The van der Waals surface area contributed by atoms with Crippen LogP contribution in [0.4, 0.5) is 5.13 Å². The maximum Gasteiger partial charge on any atom is 0.194 e. The van der Waals surface area contributed by atoms with E-state index in [1.807, 2.05) is 12.3 Å². The zero-order valence-electron chi connectivity index (χ0n) is 8.06. The Labute approximate surface area is 103 Å². The first-order valence-electron chi connectivity index (χ1n) is 4.17. The van der Waals surface area contributed by atoms with Gasteiger partial charge in [-0.05, 0) is 31.4 Å². The van der Waals surface area contributed by atoms with Crippen LogP contribution in [0.1, 0.15) is 6.92 Å². The summed E-state index contributed by atoms with van der Waals surface area (Å²) in [6.45, 7) is 2.58. The highest BCUT2D eigenvalue weighted by Crippen LogP contribution is 2.10. The van der Waals surface area contributed by atoms with E-state index in [-0.39, 0.29) is 5.11 Å². The largest absolute Gasteiger partial charge is 0.375 e. The average Bonchev–Trinajstić information content (AvgIpc) is 2.66. The normalized spacial score (nSPS) is 9.40. The molecule has 0 aliphatic heterocycles. The van der Waals surface area contributed by atoms with Crippen LogP contribution in [0, 0.1) is 0 Å². The van der Waals surface area contributed by atoms with E-state index in [0.717, 1.165) is 5.13 Å². The van der Waals surface area contributed by atoms with Crippen LogP contribution in [0.25, 0.3) is 0 Å². The van der Waals surface area contributed by atoms with Crippen LogP contribution in [0.3, 0.4) is 0 Å². The molecule has 5 nitrogen and oxygen atoms in total. The molecule has 0 unspecified atom stereocenters. The predicted molar refractivity (Wildman–Crippen MR) is 70.6 cm³/mol. The van der Waals surface area contributed by atoms with E-state index < -0.39 is 0 Å². The van der Waals surface area contributed by atoms with Crippen molar-refractivity contribution in [2.24, 2.45) is 5.73 Å². The van der Waals surface area contributed by atoms with Crippen molar-refractivity contribution in [3.8, 4) is 0 Å². The van der Waals surface area contributed by atoms with Crippen LogP contribution in [0.15, 0.2) is 11.6 Å². The molecule has 0 fully saturated rings. The SMILES string of the molecule is CCN(NC(N)=S)C(=S)Nc1nccs1. The van der Waals surface area contributed by atoms with Crippen molar-refractivity contribution < 1.29 is 0 Å². The molecule has 4 N–H and O–H groups in total. The van der Waals surface area contributed by atoms with Gasteiger partial charge >= 0.3 is 0 Å². The second-order valence-corrected chi connectivity index (χ2v) is 4.21. The number of thiocarbonyl (C=S) groups is 2. The molecule has 1 aromatic heterocycles. The molecule has 0 atom stereocenters. The van der Waals surface area contributed by atoms with Crippen LogP contribution in [-0.2, 0) is 0 Å². The van der Waals surface area contributed by atoms with E-state index in [9.17, 15) is 0 Å². The van der Waals surface area contributed by atoms with Crippen LogP contribution in [-0.4, -0.2) is 26.8 Å². The minimum atomic E-state index is 0.181. The molecule has 0 aromatic carbocycles. The third-order valence-electron chi connectivity index (χ3n) is 1.45. The summed E-state index contributed by atoms with van der Waals surface area (Å²) in [6.07, 6.45) is 1.70. The maximum atomic E-state index is 5.36. The van der Waals surface area contributed by atoms with Gasteiger partial charge in [-0.25, -0.2) is 4.98 Å². The van der Waals surface area contributed by atoms with Gasteiger partial charge in [0.25, 0.3) is 0 Å². The number of hydrogen-bond donors (Lipinski definition) is 3. The van der Waals surface area contributed by atoms with Crippen molar-refractivity contribution in [2.45, 2.75) is 6.92 Å². The van der Waals surface area contributed by atoms with Gasteiger partial charge in [0.05, 0.1) is 0 Å². The van der Waals surface area contributed by atoms with Crippen LogP contribution < -0.4 is 16.5 Å². The number of anilines is 1. The monoisotopic (exact) mass is 261 g/mol. The number of hydrazine groups is 1. The third kappa shape index (κ3) is 3.94. The Morgan fingerprint density at radius 2 is 2.40 bits per heavy atom. The van der Waals surface area contributed by atoms with Gasteiger partial charge in [-0.2, -0.15) is 0 Å². The van der Waals surface area contributed by atoms with Crippen molar-refractivity contribution in [3.05, 3.63) is 11.6 Å². The summed E-state index contributed by atoms with van der Waals surface area (Å²) >= 11 is 11.3. The molecule has 0 spiro atoms. The van der Waals surface area contributed by atoms with Crippen molar-refractivity contribution >= 4 is 51.1 Å². The van der Waals surface area contributed by atoms with Gasteiger partial charge in [0.2, 0.25) is 0 Å². The van der Waals surface area contributed by atoms with E-state index in [0.29, 0.717) is 11.7 Å². The quantitative estimate of drug-likeness (QED) is 0.540. The minimum absolute atomic E-state index is 0.181. The van der Waals surface area contributed by atoms with Gasteiger partial charge in [-0.15, -0.1) is 11.3 Å². The van der Waals surface area contributed by atoms with Gasteiger partial charge in [0, 0.05) is 18.1 Å². The fraction of sp³-hybridized carbons (Fsp3) is 0.286. The second-order valence-electron chi connectivity index (χ2n) is 2.49. The Morgan fingerprint density at radius 3 is 2.87 bits per heavy atom. The highest BCUT2D eigenvalue weighted by atomic mass is 32.1. The molecule has 0 aliphatic rings. The lowest BCUT2D eigenvalue weighted by Gasteiger charge is -2.23. The van der Waals surface area contributed by atoms with Crippen molar-refractivity contribution in [1.29, 1.82) is 0 Å². The predicted octanol–water partition coefficient (Wildman–Crippen LogP) is 0.910. The molecular formula is C7H11N5S3. The van der Waals surface area contributed by atoms with Gasteiger partial charge in [-0.3, -0.25) is 10.4 Å². The lowest BCUT2D eigenvalue weighted by atomic mass is 10.7. The number of nitrogens with two attached hydrogens (primary N) is 1. The standard InChI is InChI=1S/C7H11N5S3/c1-2-12(11-5(8)13)7(14)10-6-9-3-4-15-6/h3-4H,2H2,1H3,(H3,8,11,13)(H,9,10,14). The summed E-state index contributed by atoms with van der Waals surface area (Å²) in [5.74, 6) is 0. The number of thiazole rings is 1. The Hall–Kier alpha value is -0.990. The third-order valence-corrected chi connectivity index (χ3v) is 2.55. The summed E-state index contributed by atoms with van der Waals surface area (Å²) in [5, 5.41) is 7.87. The van der Waals surface area contributed by atoms with E-state index >= 15 is 0 Å². The van der Waals surface area contributed by atoms with E-state index in [4.69, 9.17) is 30.2 Å². The molecule has 15 heavy (non-hydrogen) atoms. The van der Waals surface area contributed by atoms with E-state index in [2.05, 4.69) is 15.7 Å². The zero-order chi connectivity index (χ0) is 11.3. The topological polar surface area (TPSA) is 66.2 Å². The minimum Gasteiger partial charge on any atom is -0.375 e. The first-order valence-corrected chi connectivity index (χ1v) is 5.87. The average molecular weight is 261 g/mol. The molecule has 0 saturated heterocycles. The van der Waals surface area contributed by atoms with E-state index in [1.54, 1.807) is 11.2 Å². The van der Waals surface area contributed by atoms with Crippen molar-refractivity contribution in [2.75, 3.05) is 11.9 Å². The van der Waals surface area contributed by atoms with Crippen LogP contribution in [0.2, 0.25) is 0 Å². The Balaban J connectivity index is 2.54. The van der Waals surface area contributed by atoms with Crippen LogP contribution >= 0.6 is 35.8 Å². The van der Waals surface area contributed by atoms with Gasteiger partial charge in [-0.1, -0.05) is 0 Å². The number of hydrogen-bond acceptors (Lipinski definition) is 4. The second kappa shape index (κ2) is 5.79. The summed E-state index contributed by atoms with van der Waals surface area (Å²) in [6, 6.07) is 0. The molecule has 0 aliphatic carbocycles. The van der Waals surface area contributed by atoms with Crippen molar-refractivity contribution in [3.63, 3.8) is 0 Å². The summed E-state index contributed by atoms with van der Waals surface area (Å²) in [7, 11) is 0. The molecule has 1 heterocycles. The molecule has 1 aromatic rings. The molecule has 82 valence electrons. The number of nitrogens with one attached hydrogen (secondary N) is 2. The highest BCUT2D eigenvalue weighted by molar-refractivity contribution is 7.80. The molecule has 1 rings (SSSR count). The Morgan fingerprint density at radius 1 is 1.67 bits per heavy atom. The summed E-state index contributed by atoms with van der Waals surface area (Å²) in [4.78, 5) is 4.05. The lowest BCUT2D eigenvalue weighted by Crippen LogP contribution is -2.49. The Kier molecular flexibility index (Phi) is 4.66. The molecular weight excluding hydrogens is 250 g/mol. The first kappa shape index (κ1) is 12.1. The first-order chi connectivity index (χ1) is 7.13. The van der Waals surface area contributed by atoms with Gasteiger partial charge < -0.3 is 11.1 Å². The molecule has 0 saturated carbocycles. The smallest absolute Gasteiger partial charge is 0.194 e. The molecule has 0 radical (unpaired) electrons. The zero-order valence-corrected chi connectivity index (χ0v) is 10.5. The Bertz CT molecular complexity index is 336. The van der Waals surface area contributed by atoms with Crippen molar-refractivity contribution in [1.82, 2.24) is 15.4 Å². The van der Waals surface area contributed by atoms with Crippen LogP contribution in [0.5, 0.6) is 0 Å².